The van der Waals surface area contributed by atoms with E-state index in [1.165, 1.54) is 5.56 Å². The average Bonchev–Trinajstić information content (AvgIpc) is 2.27. The van der Waals surface area contributed by atoms with Crippen LogP contribution in [0, 0.1) is 0 Å². The molecular formula is C13H20BrN. The van der Waals surface area contributed by atoms with Gasteiger partial charge in [0.15, 0.2) is 0 Å². The molecule has 15 heavy (non-hydrogen) atoms. The molecule has 0 radical (unpaired) electrons. The SMILES string of the molecule is CCC(CC)(CCN)c1ccc(Br)cc1. The Balaban J connectivity index is 3.02. The molecule has 0 aliphatic rings. The van der Waals surface area contributed by atoms with Crippen molar-refractivity contribution in [2.24, 2.45) is 5.73 Å². The lowest BCUT2D eigenvalue weighted by Gasteiger charge is -2.32. The highest BCUT2D eigenvalue weighted by atomic mass is 79.9. The number of nitrogens with two attached hydrogens (primary N) is 1. The molecule has 1 nitrogen and oxygen atoms in total. The van der Waals surface area contributed by atoms with E-state index < -0.39 is 0 Å². The van der Waals surface area contributed by atoms with Gasteiger partial charge >= 0.3 is 0 Å². The summed E-state index contributed by atoms with van der Waals surface area (Å²) in [7, 11) is 0. The average molecular weight is 270 g/mol. The minimum absolute atomic E-state index is 0.273. The summed E-state index contributed by atoms with van der Waals surface area (Å²) in [6.07, 6.45) is 3.38. The van der Waals surface area contributed by atoms with Crippen LogP contribution in [0.3, 0.4) is 0 Å². The number of hydrogen-bond acceptors (Lipinski definition) is 1. The van der Waals surface area contributed by atoms with Crippen LogP contribution >= 0.6 is 15.9 Å². The third kappa shape index (κ3) is 2.82. The van der Waals surface area contributed by atoms with Crippen molar-refractivity contribution in [1.82, 2.24) is 0 Å². The van der Waals surface area contributed by atoms with Crippen LogP contribution in [0.15, 0.2) is 28.7 Å². The van der Waals surface area contributed by atoms with Crippen LogP contribution in [0.5, 0.6) is 0 Å². The van der Waals surface area contributed by atoms with Gasteiger partial charge in [-0.25, -0.2) is 0 Å². The first-order valence-corrected chi connectivity index (χ1v) is 6.44. The molecule has 1 aromatic rings. The molecule has 0 atom stereocenters. The van der Waals surface area contributed by atoms with Gasteiger partial charge in [0, 0.05) is 4.47 Å². The van der Waals surface area contributed by atoms with E-state index >= 15 is 0 Å². The summed E-state index contributed by atoms with van der Waals surface area (Å²) in [6.45, 7) is 5.26. The molecule has 0 aliphatic heterocycles. The Morgan fingerprint density at radius 2 is 1.67 bits per heavy atom. The minimum atomic E-state index is 0.273. The fourth-order valence-corrected chi connectivity index (χ4v) is 2.50. The Bertz CT molecular complexity index is 288. The lowest BCUT2D eigenvalue weighted by molar-refractivity contribution is 0.371. The molecule has 0 aromatic heterocycles. The van der Waals surface area contributed by atoms with E-state index in [9.17, 15) is 0 Å². The summed E-state index contributed by atoms with van der Waals surface area (Å²) in [5, 5.41) is 0. The van der Waals surface area contributed by atoms with Gasteiger partial charge in [-0.2, -0.15) is 0 Å². The van der Waals surface area contributed by atoms with Gasteiger partial charge in [0.25, 0.3) is 0 Å². The van der Waals surface area contributed by atoms with Crippen molar-refractivity contribution in [2.45, 2.75) is 38.5 Å². The fraction of sp³-hybridized carbons (Fsp3) is 0.538. The van der Waals surface area contributed by atoms with E-state index in [0.717, 1.165) is 30.3 Å². The quantitative estimate of drug-likeness (QED) is 0.864. The molecule has 84 valence electrons. The summed E-state index contributed by atoms with van der Waals surface area (Å²) in [4.78, 5) is 0. The number of hydrogen-bond donors (Lipinski definition) is 1. The van der Waals surface area contributed by atoms with Gasteiger partial charge in [-0.15, -0.1) is 0 Å². The smallest absolute Gasteiger partial charge is 0.0175 e. The second-order valence-corrected chi connectivity index (χ2v) is 4.95. The molecule has 2 N–H and O–H groups in total. The Labute approximate surface area is 101 Å². The van der Waals surface area contributed by atoms with Crippen LogP contribution in [0.2, 0.25) is 0 Å². The minimum Gasteiger partial charge on any atom is -0.330 e. The summed E-state index contributed by atoms with van der Waals surface area (Å²) in [5.74, 6) is 0. The number of benzene rings is 1. The summed E-state index contributed by atoms with van der Waals surface area (Å²) in [6, 6.07) is 8.66. The Kier molecular flexibility index (Phi) is 4.81. The zero-order valence-electron chi connectivity index (χ0n) is 9.59. The van der Waals surface area contributed by atoms with Crippen molar-refractivity contribution in [2.75, 3.05) is 6.54 Å². The van der Waals surface area contributed by atoms with Crippen LogP contribution in [0.25, 0.3) is 0 Å². The predicted molar refractivity (Wildman–Crippen MR) is 70.1 cm³/mol. The maximum absolute atomic E-state index is 5.72. The van der Waals surface area contributed by atoms with Crippen molar-refractivity contribution >= 4 is 15.9 Å². The predicted octanol–water partition coefficient (Wildman–Crippen LogP) is 3.86. The largest absolute Gasteiger partial charge is 0.330 e. The maximum Gasteiger partial charge on any atom is 0.0175 e. The summed E-state index contributed by atoms with van der Waals surface area (Å²) in [5.41, 5.74) is 7.41. The molecular weight excluding hydrogens is 250 g/mol. The number of rotatable bonds is 5. The third-order valence-corrected chi connectivity index (χ3v) is 3.96. The van der Waals surface area contributed by atoms with Crippen molar-refractivity contribution in [1.29, 1.82) is 0 Å². The first-order chi connectivity index (χ1) is 7.18. The van der Waals surface area contributed by atoms with Crippen LogP contribution in [-0.4, -0.2) is 6.54 Å². The monoisotopic (exact) mass is 269 g/mol. The van der Waals surface area contributed by atoms with E-state index in [1.807, 2.05) is 0 Å². The Morgan fingerprint density at radius 3 is 2.07 bits per heavy atom. The molecule has 0 saturated carbocycles. The van der Waals surface area contributed by atoms with Crippen molar-refractivity contribution in [3.63, 3.8) is 0 Å². The molecule has 0 unspecified atom stereocenters. The second-order valence-electron chi connectivity index (χ2n) is 4.03. The second kappa shape index (κ2) is 5.66. The van der Waals surface area contributed by atoms with Gasteiger partial charge in [0.05, 0.1) is 0 Å². The maximum atomic E-state index is 5.72. The van der Waals surface area contributed by atoms with Gasteiger partial charge in [-0.05, 0) is 48.9 Å². The fourth-order valence-electron chi connectivity index (χ4n) is 2.24. The zero-order valence-corrected chi connectivity index (χ0v) is 11.2. The Morgan fingerprint density at radius 1 is 1.13 bits per heavy atom. The first-order valence-electron chi connectivity index (χ1n) is 5.64. The topological polar surface area (TPSA) is 26.0 Å². The van der Waals surface area contributed by atoms with Gasteiger partial charge in [0.1, 0.15) is 0 Å². The molecule has 0 spiro atoms. The first kappa shape index (κ1) is 12.7. The van der Waals surface area contributed by atoms with E-state index in [1.54, 1.807) is 0 Å². The van der Waals surface area contributed by atoms with Crippen LogP contribution in [-0.2, 0) is 5.41 Å². The van der Waals surface area contributed by atoms with Crippen LogP contribution in [0.4, 0.5) is 0 Å². The molecule has 0 amide bonds. The standard InChI is InChI=1S/C13H20BrN/c1-3-13(4-2,9-10-15)11-5-7-12(14)8-6-11/h5-8H,3-4,9-10,15H2,1-2H3. The molecule has 1 aromatic carbocycles. The number of halogens is 1. The van der Waals surface area contributed by atoms with Crippen LogP contribution in [0.1, 0.15) is 38.7 Å². The van der Waals surface area contributed by atoms with E-state index in [0.29, 0.717) is 0 Å². The highest BCUT2D eigenvalue weighted by Crippen LogP contribution is 2.35. The summed E-state index contributed by atoms with van der Waals surface area (Å²) >= 11 is 3.47. The Hall–Kier alpha value is -0.340. The van der Waals surface area contributed by atoms with Gasteiger partial charge in [-0.3, -0.25) is 0 Å². The van der Waals surface area contributed by atoms with Gasteiger partial charge < -0.3 is 5.73 Å². The lowest BCUT2D eigenvalue weighted by atomic mass is 9.73. The molecule has 0 bridgehead atoms. The van der Waals surface area contributed by atoms with Crippen LogP contribution < -0.4 is 5.73 Å². The zero-order chi connectivity index (χ0) is 11.3. The van der Waals surface area contributed by atoms with E-state index in [-0.39, 0.29) is 5.41 Å². The summed E-state index contributed by atoms with van der Waals surface area (Å²) < 4.78 is 1.14. The van der Waals surface area contributed by atoms with Gasteiger partial charge in [0.2, 0.25) is 0 Å². The van der Waals surface area contributed by atoms with Gasteiger partial charge in [-0.1, -0.05) is 41.9 Å². The van der Waals surface area contributed by atoms with E-state index in [2.05, 4.69) is 54.0 Å². The molecule has 0 fully saturated rings. The molecule has 1 rings (SSSR count). The van der Waals surface area contributed by atoms with Crippen molar-refractivity contribution in [3.05, 3.63) is 34.3 Å². The molecule has 0 saturated heterocycles. The third-order valence-electron chi connectivity index (χ3n) is 3.43. The molecule has 0 heterocycles. The highest BCUT2D eigenvalue weighted by Gasteiger charge is 2.27. The highest BCUT2D eigenvalue weighted by molar-refractivity contribution is 9.10. The lowest BCUT2D eigenvalue weighted by Crippen LogP contribution is -2.27. The van der Waals surface area contributed by atoms with Crippen molar-refractivity contribution in [3.8, 4) is 0 Å². The van der Waals surface area contributed by atoms with E-state index in [4.69, 9.17) is 5.73 Å². The molecule has 0 aliphatic carbocycles. The van der Waals surface area contributed by atoms with Crippen molar-refractivity contribution < 1.29 is 0 Å². The molecule has 2 heteroatoms. The normalized spacial score (nSPS) is 11.7.